The molecule has 3 nitrogen and oxygen atoms in total. The Balaban J connectivity index is 3.17. The molecule has 13 heavy (non-hydrogen) atoms. The van der Waals surface area contributed by atoms with E-state index in [1.165, 1.54) is 0 Å². The molecule has 0 bridgehead atoms. The van der Waals surface area contributed by atoms with Gasteiger partial charge in [0.2, 0.25) is 0 Å². The zero-order valence-corrected chi connectivity index (χ0v) is 7.24. The number of hydrogen-bond acceptors (Lipinski definition) is 2. The van der Waals surface area contributed by atoms with Gasteiger partial charge in [-0.25, -0.2) is 0 Å². The van der Waals surface area contributed by atoms with Crippen molar-refractivity contribution in [2.75, 3.05) is 0 Å². The molecule has 0 aliphatic heterocycles. The van der Waals surface area contributed by atoms with Gasteiger partial charge in [-0.1, -0.05) is 12.1 Å². The van der Waals surface area contributed by atoms with Crippen molar-refractivity contribution >= 4 is 5.97 Å². The summed E-state index contributed by atoms with van der Waals surface area (Å²) in [7, 11) is 0. The van der Waals surface area contributed by atoms with E-state index in [1.54, 1.807) is 25.1 Å². The van der Waals surface area contributed by atoms with Crippen molar-refractivity contribution in [3.63, 3.8) is 0 Å². The quantitative estimate of drug-likeness (QED) is 0.740. The maximum Gasteiger partial charge on any atom is 0.307 e. The second-order valence-corrected chi connectivity index (χ2v) is 2.78. The molecule has 1 aromatic carbocycles. The lowest BCUT2D eigenvalue weighted by molar-refractivity contribution is -0.136. The minimum atomic E-state index is -0.911. The SMILES string of the molecule is Cc1cccc(C#N)c1CC(=O)O. The molecule has 0 aromatic heterocycles. The van der Waals surface area contributed by atoms with Crippen LogP contribution in [0.3, 0.4) is 0 Å². The molecule has 0 saturated heterocycles. The second-order valence-electron chi connectivity index (χ2n) is 2.78. The molecule has 0 atom stereocenters. The van der Waals surface area contributed by atoms with Crippen molar-refractivity contribution in [1.82, 2.24) is 0 Å². The summed E-state index contributed by atoms with van der Waals surface area (Å²) in [6, 6.07) is 7.16. The van der Waals surface area contributed by atoms with Gasteiger partial charge in [0.05, 0.1) is 18.1 Å². The summed E-state index contributed by atoms with van der Waals surface area (Å²) in [5.74, 6) is -0.911. The Morgan fingerprint density at radius 3 is 2.85 bits per heavy atom. The molecule has 3 heteroatoms. The van der Waals surface area contributed by atoms with Gasteiger partial charge in [-0.05, 0) is 24.1 Å². The number of hydrogen-bond donors (Lipinski definition) is 1. The van der Waals surface area contributed by atoms with Gasteiger partial charge in [-0.2, -0.15) is 5.26 Å². The first kappa shape index (κ1) is 9.27. The largest absolute Gasteiger partial charge is 0.481 e. The zero-order valence-electron chi connectivity index (χ0n) is 7.24. The highest BCUT2D eigenvalue weighted by atomic mass is 16.4. The molecule has 66 valence electrons. The van der Waals surface area contributed by atoms with Gasteiger partial charge in [0, 0.05) is 0 Å². The monoisotopic (exact) mass is 175 g/mol. The van der Waals surface area contributed by atoms with Crippen LogP contribution in [0.5, 0.6) is 0 Å². The van der Waals surface area contributed by atoms with Crippen molar-refractivity contribution < 1.29 is 9.90 Å². The number of aliphatic carboxylic acids is 1. The van der Waals surface area contributed by atoms with Crippen LogP contribution in [0.15, 0.2) is 18.2 Å². The van der Waals surface area contributed by atoms with Crippen molar-refractivity contribution in [3.05, 3.63) is 34.9 Å². The molecule has 0 heterocycles. The number of aryl methyl sites for hydroxylation is 1. The van der Waals surface area contributed by atoms with Crippen LogP contribution in [0.25, 0.3) is 0 Å². The number of rotatable bonds is 2. The van der Waals surface area contributed by atoms with Crippen LogP contribution in [0.4, 0.5) is 0 Å². The summed E-state index contributed by atoms with van der Waals surface area (Å²) >= 11 is 0. The molecule has 0 radical (unpaired) electrons. The molecule has 1 aromatic rings. The Hall–Kier alpha value is -1.82. The van der Waals surface area contributed by atoms with Crippen LogP contribution >= 0.6 is 0 Å². The van der Waals surface area contributed by atoms with Crippen molar-refractivity contribution in [3.8, 4) is 6.07 Å². The standard InChI is InChI=1S/C10H9NO2/c1-7-3-2-4-8(6-11)9(7)5-10(12)13/h2-4H,5H2,1H3,(H,12,13). The van der Waals surface area contributed by atoms with E-state index >= 15 is 0 Å². The summed E-state index contributed by atoms with van der Waals surface area (Å²) in [6.45, 7) is 1.80. The topological polar surface area (TPSA) is 61.1 Å². The normalized spacial score (nSPS) is 9.23. The van der Waals surface area contributed by atoms with Crippen LogP contribution in [0.2, 0.25) is 0 Å². The van der Waals surface area contributed by atoms with E-state index in [0.717, 1.165) is 5.56 Å². The van der Waals surface area contributed by atoms with Gasteiger partial charge in [0.15, 0.2) is 0 Å². The summed E-state index contributed by atoms with van der Waals surface area (Å²) in [4.78, 5) is 10.5. The lowest BCUT2D eigenvalue weighted by Crippen LogP contribution is -2.04. The van der Waals surface area contributed by atoms with Gasteiger partial charge < -0.3 is 5.11 Å². The Kier molecular flexibility index (Phi) is 2.65. The smallest absolute Gasteiger partial charge is 0.307 e. The molecule has 0 spiro atoms. The molecule has 0 aliphatic rings. The van der Waals surface area contributed by atoms with Gasteiger partial charge in [0.1, 0.15) is 0 Å². The highest BCUT2D eigenvalue weighted by Gasteiger charge is 2.08. The van der Waals surface area contributed by atoms with Gasteiger partial charge in [-0.15, -0.1) is 0 Å². The third-order valence-corrected chi connectivity index (χ3v) is 1.86. The first-order valence-corrected chi connectivity index (χ1v) is 3.85. The van der Waals surface area contributed by atoms with E-state index in [-0.39, 0.29) is 6.42 Å². The van der Waals surface area contributed by atoms with Crippen molar-refractivity contribution in [2.45, 2.75) is 13.3 Å². The Bertz CT molecular complexity index is 377. The number of benzene rings is 1. The highest BCUT2D eigenvalue weighted by Crippen LogP contribution is 2.13. The van der Waals surface area contributed by atoms with Gasteiger partial charge in [-0.3, -0.25) is 4.79 Å². The Labute approximate surface area is 76.2 Å². The fourth-order valence-electron chi connectivity index (χ4n) is 1.19. The lowest BCUT2D eigenvalue weighted by Gasteiger charge is -2.03. The van der Waals surface area contributed by atoms with Crippen LogP contribution < -0.4 is 0 Å². The average molecular weight is 175 g/mol. The van der Waals surface area contributed by atoms with Crippen molar-refractivity contribution in [1.29, 1.82) is 5.26 Å². The second kappa shape index (κ2) is 3.72. The molecule has 0 saturated carbocycles. The lowest BCUT2D eigenvalue weighted by atomic mass is 10.0. The van der Waals surface area contributed by atoms with Gasteiger partial charge in [0.25, 0.3) is 0 Å². The maximum atomic E-state index is 10.5. The summed E-state index contributed by atoms with van der Waals surface area (Å²) in [6.07, 6.45) is -0.0877. The Morgan fingerprint density at radius 1 is 1.62 bits per heavy atom. The number of carboxylic acid groups (broad SMARTS) is 1. The molecule has 1 rings (SSSR count). The minimum absolute atomic E-state index is 0.0877. The maximum absolute atomic E-state index is 10.5. The van der Waals surface area contributed by atoms with Crippen molar-refractivity contribution in [2.24, 2.45) is 0 Å². The molecule has 0 unspecified atom stereocenters. The molecular weight excluding hydrogens is 166 g/mol. The van der Waals surface area contributed by atoms with E-state index in [4.69, 9.17) is 10.4 Å². The predicted octanol–water partition coefficient (Wildman–Crippen LogP) is 1.49. The number of carbonyl (C=O) groups is 1. The first-order chi connectivity index (χ1) is 6.15. The van der Waals surface area contributed by atoms with E-state index in [1.807, 2.05) is 6.07 Å². The third-order valence-electron chi connectivity index (χ3n) is 1.86. The van der Waals surface area contributed by atoms with Gasteiger partial charge >= 0.3 is 5.97 Å². The number of nitriles is 1. The molecule has 0 fully saturated rings. The molecule has 0 aliphatic carbocycles. The summed E-state index contributed by atoms with van der Waals surface area (Å²) in [5.41, 5.74) is 1.90. The highest BCUT2D eigenvalue weighted by molar-refractivity contribution is 5.72. The Morgan fingerprint density at radius 2 is 2.31 bits per heavy atom. The van der Waals surface area contributed by atoms with E-state index in [2.05, 4.69) is 0 Å². The van der Waals surface area contributed by atoms with E-state index in [9.17, 15) is 4.79 Å². The summed E-state index contributed by atoms with van der Waals surface area (Å²) < 4.78 is 0. The van der Waals surface area contributed by atoms with Crippen LogP contribution in [-0.2, 0) is 11.2 Å². The first-order valence-electron chi connectivity index (χ1n) is 3.85. The average Bonchev–Trinajstić information content (AvgIpc) is 2.08. The number of nitrogens with zero attached hydrogens (tertiary/aromatic N) is 1. The molecule has 1 N–H and O–H groups in total. The molecular formula is C10H9NO2. The zero-order chi connectivity index (χ0) is 9.84. The molecule has 0 amide bonds. The fraction of sp³-hybridized carbons (Fsp3) is 0.200. The van der Waals surface area contributed by atoms with Crippen LogP contribution in [0, 0.1) is 18.3 Å². The third kappa shape index (κ3) is 2.06. The fourth-order valence-corrected chi connectivity index (χ4v) is 1.19. The number of carboxylic acids is 1. The van der Waals surface area contributed by atoms with Crippen LogP contribution in [-0.4, -0.2) is 11.1 Å². The minimum Gasteiger partial charge on any atom is -0.481 e. The summed E-state index contributed by atoms with van der Waals surface area (Å²) in [5, 5.41) is 17.3. The van der Waals surface area contributed by atoms with E-state index < -0.39 is 5.97 Å². The van der Waals surface area contributed by atoms with Crippen LogP contribution in [0.1, 0.15) is 16.7 Å². The van der Waals surface area contributed by atoms with E-state index in [0.29, 0.717) is 11.1 Å². The predicted molar refractivity (Wildman–Crippen MR) is 47.2 cm³/mol.